The third-order valence-corrected chi connectivity index (χ3v) is 1.51. The first-order chi connectivity index (χ1) is 5.61. The van der Waals surface area contributed by atoms with Gasteiger partial charge in [-0.1, -0.05) is 24.3 Å². The van der Waals surface area contributed by atoms with Crippen molar-refractivity contribution in [1.29, 1.82) is 0 Å². The number of rotatable bonds is 2. The SMILES string of the molecule is OB(O)c1cccc(C(O)O)c1. The number of aliphatic hydroxyl groups excluding tert-OH is 1. The van der Waals surface area contributed by atoms with E-state index in [1.807, 2.05) is 0 Å². The highest BCUT2D eigenvalue weighted by atomic mass is 16.5. The van der Waals surface area contributed by atoms with E-state index >= 15 is 0 Å². The van der Waals surface area contributed by atoms with Crippen molar-refractivity contribution >= 4 is 12.6 Å². The maximum atomic E-state index is 8.72. The third-order valence-electron chi connectivity index (χ3n) is 1.51. The molecule has 5 heteroatoms. The van der Waals surface area contributed by atoms with Crippen molar-refractivity contribution in [3.63, 3.8) is 0 Å². The molecule has 1 rings (SSSR count). The summed E-state index contributed by atoms with van der Waals surface area (Å²) in [4.78, 5) is 0. The van der Waals surface area contributed by atoms with Crippen LogP contribution in [0.15, 0.2) is 24.3 Å². The number of hydrogen-bond donors (Lipinski definition) is 4. The number of hydrogen-bond acceptors (Lipinski definition) is 4. The zero-order valence-electron chi connectivity index (χ0n) is 6.25. The lowest BCUT2D eigenvalue weighted by molar-refractivity contribution is -0.0424. The Balaban J connectivity index is 2.96. The molecule has 0 unspecified atom stereocenters. The normalized spacial score (nSPS) is 10.4. The molecular weight excluding hydrogens is 159 g/mol. The van der Waals surface area contributed by atoms with Gasteiger partial charge in [0.25, 0.3) is 0 Å². The molecule has 12 heavy (non-hydrogen) atoms. The van der Waals surface area contributed by atoms with Gasteiger partial charge in [0.15, 0.2) is 6.29 Å². The molecule has 0 aliphatic carbocycles. The predicted molar refractivity (Wildman–Crippen MR) is 43.4 cm³/mol. The van der Waals surface area contributed by atoms with Gasteiger partial charge in [0.05, 0.1) is 0 Å². The van der Waals surface area contributed by atoms with E-state index in [-0.39, 0.29) is 11.0 Å². The molecule has 0 bridgehead atoms. The number of benzene rings is 1. The monoisotopic (exact) mass is 168 g/mol. The second kappa shape index (κ2) is 3.69. The van der Waals surface area contributed by atoms with Gasteiger partial charge in [-0.05, 0) is 5.46 Å². The summed E-state index contributed by atoms with van der Waals surface area (Å²) in [5.74, 6) is 0. The van der Waals surface area contributed by atoms with Gasteiger partial charge in [-0.2, -0.15) is 0 Å². The fraction of sp³-hybridized carbons (Fsp3) is 0.143. The van der Waals surface area contributed by atoms with E-state index in [4.69, 9.17) is 20.3 Å². The smallest absolute Gasteiger partial charge is 0.423 e. The minimum Gasteiger partial charge on any atom is -0.423 e. The van der Waals surface area contributed by atoms with Gasteiger partial charge in [-0.3, -0.25) is 0 Å². The molecule has 0 radical (unpaired) electrons. The first-order valence-electron chi connectivity index (χ1n) is 3.43. The van der Waals surface area contributed by atoms with Gasteiger partial charge >= 0.3 is 7.12 Å². The van der Waals surface area contributed by atoms with Gasteiger partial charge in [0.2, 0.25) is 0 Å². The summed E-state index contributed by atoms with van der Waals surface area (Å²) >= 11 is 0. The van der Waals surface area contributed by atoms with Crippen LogP contribution in [0.25, 0.3) is 0 Å². The number of aliphatic hydroxyl groups is 2. The van der Waals surface area contributed by atoms with Crippen molar-refractivity contribution in [2.24, 2.45) is 0 Å². The molecule has 1 aromatic carbocycles. The predicted octanol–water partition coefficient (Wildman–Crippen LogP) is -1.65. The average Bonchev–Trinajstić information content (AvgIpc) is 2.04. The van der Waals surface area contributed by atoms with E-state index < -0.39 is 13.4 Å². The standard InChI is InChI=1S/C7H9BO4/c9-7(10)5-2-1-3-6(4-5)8(11)12/h1-4,7,9-12H. The molecule has 0 spiro atoms. The summed E-state index contributed by atoms with van der Waals surface area (Å²) in [6, 6.07) is 5.80. The molecular formula is C7H9BO4. The molecule has 0 saturated heterocycles. The van der Waals surface area contributed by atoms with Crippen LogP contribution in [-0.2, 0) is 0 Å². The average molecular weight is 168 g/mol. The summed E-state index contributed by atoms with van der Waals surface area (Å²) in [6.45, 7) is 0. The van der Waals surface area contributed by atoms with Gasteiger partial charge in [0, 0.05) is 5.56 Å². The Labute approximate surface area is 69.9 Å². The van der Waals surface area contributed by atoms with E-state index in [2.05, 4.69) is 0 Å². The van der Waals surface area contributed by atoms with Crippen molar-refractivity contribution in [3.05, 3.63) is 29.8 Å². The molecule has 0 fully saturated rings. The van der Waals surface area contributed by atoms with E-state index in [9.17, 15) is 0 Å². The minimum absolute atomic E-state index is 0.237. The molecule has 0 amide bonds. The highest BCUT2D eigenvalue weighted by Crippen LogP contribution is 2.06. The summed E-state index contributed by atoms with van der Waals surface area (Å²) in [7, 11) is -1.58. The van der Waals surface area contributed by atoms with Crippen LogP contribution in [0.4, 0.5) is 0 Å². The van der Waals surface area contributed by atoms with Gasteiger partial charge in [0.1, 0.15) is 0 Å². The largest absolute Gasteiger partial charge is 0.488 e. The lowest BCUT2D eigenvalue weighted by Gasteiger charge is -2.05. The molecule has 0 aliphatic rings. The van der Waals surface area contributed by atoms with Crippen molar-refractivity contribution in [2.75, 3.05) is 0 Å². The Morgan fingerprint density at radius 1 is 1.17 bits per heavy atom. The first-order valence-corrected chi connectivity index (χ1v) is 3.43. The molecule has 0 heterocycles. The van der Waals surface area contributed by atoms with E-state index in [1.165, 1.54) is 24.3 Å². The summed E-state index contributed by atoms with van der Waals surface area (Å²) < 4.78 is 0. The fourth-order valence-electron chi connectivity index (χ4n) is 0.880. The minimum atomic E-state index is -1.58. The third kappa shape index (κ3) is 2.05. The first kappa shape index (κ1) is 9.21. The van der Waals surface area contributed by atoms with Crippen molar-refractivity contribution in [1.82, 2.24) is 0 Å². The molecule has 4 N–H and O–H groups in total. The fourth-order valence-corrected chi connectivity index (χ4v) is 0.880. The van der Waals surface area contributed by atoms with Crippen LogP contribution >= 0.6 is 0 Å². The van der Waals surface area contributed by atoms with Gasteiger partial charge < -0.3 is 20.3 Å². The zero-order chi connectivity index (χ0) is 9.14. The molecule has 64 valence electrons. The second-order valence-electron chi connectivity index (χ2n) is 2.42. The van der Waals surface area contributed by atoms with Crippen LogP contribution < -0.4 is 5.46 Å². The summed E-state index contributed by atoms with van der Waals surface area (Å²) in [6.07, 6.45) is -1.58. The topological polar surface area (TPSA) is 80.9 Å². The van der Waals surface area contributed by atoms with Crippen LogP contribution in [0, 0.1) is 0 Å². The highest BCUT2D eigenvalue weighted by molar-refractivity contribution is 6.58. The van der Waals surface area contributed by atoms with Crippen LogP contribution in [0.5, 0.6) is 0 Å². The van der Waals surface area contributed by atoms with Crippen LogP contribution in [-0.4, -0.2) is 27.4 Å². The molecule has 0 aromatic heterocycles. The highest BCUT2D eigenvalue weighted by Gasteiger charge is 2.12. The Hall–Kier alpha value is -0.875. The van der Waals surface area contributed by atoms with Crippen LogP contribution in [0.3, 0.4) is 0 Å². The Kier molecular flexibility index (Phi) is 2.83. The van der Waals surface area contributed by atoms with Gasteiger partial charge in [-0.15, -0.1) is 0 Å². The van der Waals surface area contributed by atoms with Crippen molar-refractivity contribution < 1.29 is 20.3 Å². The van der Waals surface area contributed by atoms with Crippen LogP contribution in [0.1, 0.15) is 11.9 Å². The zero-order valence-corrected chi connectivity index (χ0v) is 6.25. The van der Waals surface area contributed by atoms with Crippen molar-refractivity contribution in [3.8, 4) is 0 Å². The molecule has 1 aromatic rings. The van der Waals surface area contributed by atoms with Crippen molar-refractivity contribution in [2.45, 2.75) is 6.29 Å². The molecule has 0 aliphatic heterocycles. The van der Waals surface area contributed by atoms with Crippen LogP contribution in [0.2, 0.25) is 0 Å². The molecule has 4 nitrogen and oxygen atoms in total. The Morgan fingerprint density at radius 3 is 2.33 bits per heavy atom. The summed E-state index contributed by atoms with van der Waals surface area (Å²) in [5, 5.41) is 34.9. The lowest BCUT2D eigenvalue weighted by Crippen LogP contribution is -2.30. The van der Waals surface area contributed by atoms with E-state index in [0.29, 0.717) is 0 Å². The summed E-state index contributed by atoms with van der Waals surface area (Å²) in [5.41, 5.74) is 0.473. The quantitative estimate of drug-likeness (QED) is 0.315. The lowest BCUT2D eigenvalue weighted by atomic mass is 9.79. The second-order valence-corrected chi connectivity index (χ2v) is 2.42. The Bertz CT molecular complexity index is 238. The molecule has 0 atom stereocenters. The maximum Gasteiger partial charge on any atom is 0.488 e. The maximum absolute atomic E-state index is 8.72. The van der Waals surface area contributed by atoms with E-state index in [0.717, 1.165) is 0 Å². The van der Waals surface area contributed by atoms with E-state index in [1.54, 1.807) is 0 Å². The Morgan fingerprint density at radius 2 is 1.83 bits per heavy atom. The van der Waals surface area contributed by atoms with Gasteiger partial charge in [-0.25, -0.2) is 0 Å². The molecule has 0 saturated carbocycles.